The molecule has 0 aromatic carbocycles. The average Bonchev–Trinajstić information content (AvgIpc) is 2.13. The van der Waals surface area contributed by atoms with E-state index in [2.05, 4.69) is 14.8 Å². The van der Waals surface area contributed by atoms with E-state index in [4.69, 9.17) is 28.1 Å². The van der Waals surface area contributed by atoms with Crippen LogP contribution in [0.5, 0.6) is 5.88 Å². The first-order chi connectivity index (χ1) is 6.79. The summed E-state index contributed by atoms with van der Waals surface area (Å²) in [6.45, 7) is 0. The molecule has 0 atom stereocenters. The summed E-state index contributed by atoms with van der Waals surface area (Å²) in [5.41, 5.74) is 0. The van der Waals surface area contributed by atoms with Gasteiger partial charge in [-0.3, -0.25) is 0 Å². The summed E-state index contributed by atoms with van der Waals surface area (Å²) < 4.78 is 5.51. The lowest BCUT2D eigenvalue weighted by molar-refractivity contribution is 0.0896. The van der Waals surface area contributed by atoms with Gasteiger partial charge in [-0.2, -0.15) is 0 Å². The summed E-state index contributed by atoms with van der Waals surface area (Å²) >= 11 is 11.2. The minimum atomic E-state index is 0.139. The Morgan fingerprint density at radius 3 is 2.71 bits per heavy atom. The van der Waals surface area contributed by atoms with E-state index in [-0.39, 0.29) is 6.10 Å². The standard InChI is InChI=1S/C8H9Cl2N3O/c9-7-8(12-2-1-11-7)14-6-3-5(4-6)13-10/h1-2,5-6,13H,3-4H2. The third-order valence-corrected chi connectivity index (χ3v) is 2.72. The normalized spacial score (nSPS) is 25.6. The number of nitrogens with one attached hydrogen (secondary N) is 1. The van der Waals surface area contributed by atoms with Crippen molar-refractivity contribution in [2.24, 2.45) is 0 Å². The van der Waals surface area contributed by atoms with Crippen LogP contribution in [0.1, 0.15) is 12.8 Å². The molecule has 1 heterocycles. The Bertz CT molecular complexity index is 317. The predicted molar refractivity (Wildman–Crippen MR) is 53.5 cm³/mol. The van der Waals surface area contributed by atoms with Crippen molar-refractivity contribution in [3.05, 3.63) is 17.5 Å². The fourth-order valence-electron chi connectivity index (χ4n) is 1.30. The molecule has 1 fully saturated rings. The highest BCUT2D eigenvalue weighted by atomic mass is 35.5. The Kier molecular flexibility index (Phi) is 3.05. The smallest absolute Gasteiger partial charge is 0.252 e. The van der Waals surface area contributed by atoms with Crippen LogP contribution in [0.3, 0.4) is 0 Å². The molecule has 1 aliphatic rings. The number of ether oxygens (including phenoxy) is 1. The molecular weight excluding hydrogens is 225 g/mol. The molecule has 1 aromatic heterocycles. The molecule has 1 saturated carbocycles. The number of hydrogen-bond donors (Lipinski definition) is 1. The molecule has 1 aromatic rings. The van der Waals surface area contributed by atoms with E-state index >= 15 is 0 Å². The van der Waals surface area contributed by atoms with Gasteiger partial charge in [-0.15, -0.1) is 0 Å². The van der Waals surface area contributed by atoms with Crippen LogP contribution in [0.2, 0.25) is 5.15 Å². The van der Waals surface area contributed by atoms with Gasteiger partial charge in [0.15, 0.2) is 5.15 Å². The Hall–Kier alpha value is -0.580. The molecule has 1 N–H and O–H groups in total. The van der Waals surface area contributed by atoms with Crippen molar-refractivity contribution in [1.82, 2.24) is 14.8 Å². The first-order valence-electron chi connectivity index (χ1n) is 4.29. The van der Waals surface area contributed by atoms with Crippen LogP contribution in [0.4, 0.5) is 0 Å². The molecule has 0 amide bonds. The fourth-order valence-corrected chi connectivity index (χ4v) is 1.62. The number of rotatable bonds is 3. The lowest BCUT2D eigenvalue weighted by Gasteiger charge is -2.33. The second kappa shape index (κ2) is 4.29. The summed E-state index contributed by atoms with van der Waals surface area (Å²) in [6.07, 6.45) is 4.96. The molecule has 0 aliphatic heterocycles. The third-order valence-electron chi connectivity index (χ3n) is 2.15. The summed E-state index contributed by atoms with van der Waals surface area (Å²) in [6, 6.07) is 0.331. The van der Waals surface area contributed by atoms with E-state index in [1.54, 1.807) is 6.20 Å². The van der Waals surface area contributed by atoms with Crippen LogP contribution in [-0.2, 0) is 0 Å². The summed E-state index contributed by atoms with van der Waals surface area (Å²) in [7, 11) is 0. The van der Waals surface area contributed by atoms with Gasteiger partial charge < -0.3 is 4.74 Å². The van der Waals surface area contributed by atoms with Gasteiger partial charge in [0.1, 0.15) is 6.10 Å². The summed E-state index contributed by atoms with van der Waals surface area (Å²) in [4.78, 5) is 10.5. The maximum Gasteiger partial charge on any atom is 0.252 e. The number of halogens is 2. The molecule has 76 valence electrons. The van der Waals surface area contributed by atoms with Crippen molar-refractivity contribution in [2.45, 2.75) is 25.0 Å². The van der Waals surface area contributed by atoms with Crippen molar-refractivity contribution < 1.29 is 4.74 Å². The van der Waals surface area contributed by atoms with Gasteiger partial charge in [0.05, 0.1) is 0 Å². The summed E-state index contributed by atoms with van der Waals surface area (Å²) in [5, 5.41) is 0.301. The molecule has 14 heavy (non-hydrogen) atoms. The zero-order valence-electron chi connectivity index (χ0n) is 7.28. The Morgan fingerprint density at radius 1 is 1.36 bits per heavy atom. The minimum Gasteiger partial charge on any atom is -0.472 e. The second-order valence-corrected chi connectivity index (χ2v) is 3.75. The summed E-state index contributed by atoms with van der Waals surface area (Å²) in [5.74, 6) is 0.396. The topological polar surface area (TPSA) is 47.0 Å². The Morgan fingerprint density at radius 2 is 2.07 bits per heavy atom. The van der Waals surface area contributed by atoms with Gasteiger partial charge in [0.2, 0.25) is 0 Å². The maximum absolute atomic E-state index is 5.78. The predicted octanol–water partition coefficient (Wildman–Crippen LogP) is 1.78. The van der Waals surface area contributed by atoms with Crippen molar-refractivity contribution in [2.75, 3.05) is 0 Å². The van der Waals surface area contributed by atoms with Crippen molar-refractivity contribution in [3.8, 4) is 5.88 Å². The molecule has 2 rings (SSSR count). The van der Waals surface area contributed by atoms with E-state index in [1.807, 2.05) is 0 Å². The minimum absolute atomic E-state index is 0.139. The molecular formula is C8H9Cl2N3O. The molecule has 0 saturated heterocycles. The van der Waals surface area contributed by atoms with Crippen LogP contribution in [-0.4, -0.2) is 22.1 Å². The molecule has 1 aliphatic carbocycles. The van der Waals surface area contributed by atoms with Crippen LogP contribution in [0.15, 0.2) is 12.4 Å². The van der Waals surface area contributed by atoms with E-state index in [9.17, 15) is 0 Å². The number of nitrogens with zero attached hydrogens (tertiary/aromatic N) is 2. The van der Waals surface area contributed by atoms with Crippen LogP contribution in [0, 0.1) is 0 Å². The molecule has 0 unspecified atom stereocenters. The van der Waals surface area contributed by atoms with E-state index in [0.29, 0.717) is 17.1 Å². The zero-order chi connectivity index (χ0) is 9.97. The maximum atomic E-state index is 5.78. The van der Waals surface area contributed by atoms with Crippen LogP contribution in [0.25, 0.3) is 0 Å². The molecule has 4 nitrogen and oxygen atoms in total. The number of hydrogen-bond acceptors (Lipinski definition) is 4. The molecule has 0 bridgehead atoms. The third kappa shape index (κ3) is 2.08. The molecule has 6 heteroatoms. The Balaban J connectivity index is 1.90. The van der Waals surface area contributed by atoms with Crippen LogP contribution >= 0.6 is 23.4 Å². The van der Waals surface area contributed by atoms with E-state index < -0.39 is 0 Å². The van der Waals surface area contributed by atoms with Gasteiger partial charge in [-0.25, -0.2) is 14.8 Å². The average molecular weight is 234 g/mol. The molecule has 0 radical (unpaired) electrons. The number of aromatic nitrogens is 2. The van der Waals surface area contributed by atoms with Gasteiger partial charge in [0.25, 0.3) is 5.88 Å². The monoisotopic (exact) mass is 233 g/mol. The van der Waals surface area contributed by atoms with Gasteiger partial charge in [-0.1, -0.05) is 11.6 Å². The van der Waals surface area contributed by atoms with Gasteiger partial charge in [0, 0.05) is 31.3 Å². The largest absolute Gasteiger partial charge is 0.472 e. The molecule has 0 spiro atoms. The van der Waals surface area contributed by atoms with E-state index in [1.165, 1.54) is 6.20 Å². The van der Waals surface area contributed by atoms with Crippen molar-refractivity contribution in [3.63, 3.8) is 0 Å². The quantitative estimate of drug-likeness (QED) is 0.810. The van der Waals surface area contributed by atoms with E-state index in [0.717, 1.165) is 12.8 Å². The Labute approximate surface area is 91.7 Å². The van der Waals surface area contributed by atoms with Gasteiger partial charge >= 0.3 is 0 Å². The van der Waals surface area contributed by atoms with Crippen molar-refractivity contribution >= 4 is 23.4 Å². The van der Waals surface area contributed by atoms with Crippen LogP contribution < -0.4 is 9.57 Å². The second-order valence-electron chi connectivity index (χ2n) is 3.17. The van der Waals surface area contributed by atoms with Gasteiger partial charge in [-0.05, 0) is 11.8 Å². The fraction of sp³-hybridized carbons (Fsp3) is 0.500. The highest BCUT2D eigenvalue weighted by Gasteiger charge is 2.31. The lowest BCUT2D eigenvalue weighted by Crippen LogP contribution is -2.43. The highest BCUT2D eigenvalue weighted by molar-refractivity contribution is 6.30. The highest BCUT2D eigenvalue weighted by Crippen LogP contribution is 2.27. The first kappa shape index (κ1) is 9.96. The van der Waals surface area contributed by atoms with Crippen molar-refractivity contribution in [1.29, 1.82) is 0 Å². The SMILES string of the molecule is ClNC1CC(Oc2nccnc2Cl)C1. The zero-order valence-corrected chi connectivity index (χ0v) is 8.79. The first-order valence-corrected chi connectivity index (χ1v) is 5.04. The lowest BCUT2D eigenvalue weighted by atomic mass is 9.90.